The molecule has 0 spiro atoms. The third kappa shape index (κ3) is 2.77. The second-order valence-electron chi connectivity index (χ2n) is 7.66. The molecule has 2 atom stereocenters. The van der Waals surface area contributed by atoms with Crippen molar-refractivity contribution >= 4 is 0 Å². The molecule has 1 aromatic rings. The molecule has 2 fully saturated rings. The SMILES string of the molecule is CC1(C)CCC(N2CCNC(C)(c3ccccc3)C2)C1. The standard InChI is InChI=1S/C18H28N2/c1-17(2)10-9-16(13-17)20-12-11-19-18(3,14-20)15-7-5-4-6-8-15/h4-8,16,19H,9-14H2,1-3H3. The molecule has 0 bridgehead atoms. The fourth-order valence-electron chi connectivity index (χ4n) is 4.04. The van der Waals surface area contributed by atoms with Crippen molar-refractivity contribution in [3.05, 3.63) is 35.9 Å². The molecule has 110 valence electrons. The summed E-state index contributed by atoms with van der Waals surface area (Å²) in [6, 6.07) is 11.7. The summed E-state index contributed by atoms with van der Waals surface area (Å²) in [6.45, 7) is 10.6. The van der Waals surface area contributed by atoms with Crippen LogP contribution in [0, 0.1) is 5.41 Å². The van der Waals surface area contributed by atoms with Gasteiger partial charge in [-0.2, -0.15) is 0 Å². The molecule has 2 nitrogen and oxygen atoms in total. The number of rotatable bonds is 2. The van der Waals surface area contributed by atoms with E-state index in [4.69, 9.17) is 0 Å². The first kappa shape index (κ1) is 14.1. The molecule has 1 saturated heterocycles. The van der Waals surface area contributed by atoms with Crippen LogP contribution in [-0.4, -0.2) is 30.6 Å². The van der Waals surface area contributed by atoms with Crippen molar-refractivity contribution in [2.24, 2.45) is 5.41 Å². The van der Waals surface area contributed by atoms with Gasteiger partial charge in [0.25, 0.3) is 0 Å². The summed E-state index contributed by atoms with van der Waals surface area (Å²) in [5, 5.41) is 3.74. The van der Waals surface area contributed by atoms with E-state index in [2.05, 4.69) is 61.3 Å². The second kappa shape index (κ2) is 5.16. The Balaban J connectivity index is 1.74. The van der Waals surface area contributed by atoms with E-state index in [0.29, 0.717) is 5.41 Å². The van der Waals surface area contributed by atoms with Gasteiger partial charge in [0.2, 0.25) is 0 Å². The minimum absolute atomic E-state index is 0.103. The summed E-state index contributed by atoms with van der Waals surface area (Å²) in [5.41, 5.74) is 2.06. The van der Waals surface area contributed by atoms with E-state index in [1.54, 1.807) is 0 Å². The average molecular weight is 272 g/mol. The lowest BCUT2D eigenvalue weighted by Gasteiger charge is -2.44. The Bertz CT molecular complexity index is 454. The molecule has 1 aliphatic carbocycles. The third-order valence-electron chi connectivity index (χ3n) is 5.30. The first-order chi connectivity index (χ1) is 9.49. The lowest BCUT2D eigenvalue weighted by Crippen LogP contribution is -2.58. The predicted octanol–water partition coefficient (Wildman–Crippen LogP) is 3.39. The van der Waals surface area contributed by atoms with Gasteiger partial charge < -0.3 is 5.32 Å². The van der Waals surface area contributed by atoms with Gasteiger partial charge in [0.15, 0.2) is 0 Å². The van der Waals surface area contributed by atoms with Crippen LogP contribution in [0.2, 0.25) is 0 Å². The molecule has 0 amide bonds. The Morgan fingerprint density at radius 3 is 2.55 bits per heavy atom. The van der Waals surface area contributed by atoms with Crippen LogP contribution in [0.4, 0.5) is 0 Å². The average Bonchev–Trinajstić information content (AvgIpc) is 2.80. The quantitative estimate of drug-likeness (QED) is 0.888. The molecule has 1 heterocycles. The third-order valence-corrected chi connectivity index (χ3v) is 5.30. The van der Waals surface area contributed by atoms with Gasteiger partial charge >= 0.3 is 0 Å². The largest absolute Gasteiger partial charge is 0.305 e. The zero-order valence-corrected chi connectivity index (χ0v) is 13.2. The Morgan fingerprint density at radius 1 is 1.15 bits per heavy atom. The van der Waals surface area contributed by atoms with E-state index in [-0.39, 0.29) is 5.54 Å². The van der Waals surface area contributed by atoms with E-state index in [1.807, 2.05) is 0 Å². The Morgan fingerprint density at radius 2 is 1.90 bits per heavy atom. The zero-order valence-electron chi connectivity index (χ0n) is 13.2. The van der Waals surface area contributed by atoms with Crippen LogP contribution in [0.3, 0.4) is 0 Å². The van der Waals surface area contributed by atoms with Gasteiger partial charge in [-0.25, -0.2) is 0 Å². The normalized spacial score (nSPS) is 34.2. The number of hydrogen-bond acceptors (Lipinski definition) is 2. The van der Waals surface area contributed by atoms with E-state index in [1.165, 1.54) is 31.4 Å². The monoisotopic (exact) mass is 272 g/mol. The number of hydrogen-bond donors (Lipinski definition) is 1. The number of nitrogens with zero attached hydrogens (tertiary/aromatic N) is 1. The van der Waals surface area contributed by atoms with E-state index >= 15 is 0 Å². The molecular weight excluding hydrogens is 244 g/mol. The molecule has 0 radical (unpaired) electrons. The second-order valence-corrected chi connectivity index (χ2v) is 7.66. The molecule has 2 aliphatic rings. The highest BCUT2D eigenvalue weighted by Gasteiger charge is 2.39. The molecule has 3 rings (SSSR count). The highest BCUT2D eigenvalue weighted by molar-refractivity contribution is 5.25. The minimum atomic E-state index is 0.103. The van der Waals surface area contributed by atoms with E-state index in [0.717, 1.165) is 19.1 Å². The molecule has 0 aromatic heterocycles. The maximum Gasteiger partial charge on any atom is 0.0535 e. The van der Waals surface area contributed by atoms with Gasteiger partial charge in [-0.1, -0.05) is 44.2 Å². The van der Waals surface area contributed by atoms with Crippen molar-refractivity contribution in [2.75, 3.05) is 19.6 Å². The van der Waals surface area contributed by atoms with Gasteiger partial charge in [0.1, 0.15) is 0 Å². The van der Waals surface area contributed by atoms with Crippen LogP contribution in [0.1, 0.15) is 45.6 Å². The summed E-state index contributed by atoms with van der Waals surface area (Å²) in [5.74, 6) is 0. The molecule has 1 aromatic carbocycles. The molecular formula is C18H28N2. The van der Waals surface area contributed by atoms with Crippen LogP contribution in [0.25, 0.3) is 0 Å². The Labute approximate surface area is 123 Å². The van der Waals surface area contributed by atoms with Crippen LogP contribution in [0.5, 0.6) is 0 Å². The van der Waals surface area contributed by atoms with Crippen molar-refractivity contribution in [2.45, 2.75) is 51.6 Å². The number of piperazine rings is 1. The molecule has 2 heteroatoms. The fourth-order valence-corrected chi connectivity index (χ4v) is 4.04. The number of nitrogens with one attached hydrogen (secondary N) is 1. The van der Waals surface area contributed by atoms with Crippen molar-refractivity contribution in [3.63, 3.8) is 0 Å². The van der Waals surface area contributed by atoms with Crippen molar-refractivity contribution in [1.29, 1.82) is 0 Å². The van der Waals surface area contributed by atoms with Crippen molar-refractivity contribution in [1.82, 2.24) is 10.2 Å². The molecule has 1 N–H and O–H groups in total. The zero-order chi connectivity index (χ0) is 14.2. The van der Waals surface area contributed by atoms with Gasteiger partial charge in [0.05, 0.1) is 5.54 Å². The topological polar surface area (TPSA) is 15.3 Å². The van der Waals surface area contributed by atoms with E-state index in [9.17, 15) is 0 Å². The van der Waals surface area contributed by atoms with Crippen LogP contribution >= 0.6 is 0 Å². The lowest BCUT2D eigenvalue weighted by molar-refractivity contribution is 0.0962. The van der Waals surface area contributed by atoms with Crippen molar-refractivity contribution in [3.8, 4) is 0 Å². The van der Waals surface area contributed by atoms with Crippen LogP contribution < -0.4 is 5.32 Å². The maximum absolute atomic E-state index is 3.74. The molecule has 20 heavy (non-hydrogen) atoms. The van der Waals surface area contributed by atoms with E-state index < -0.39 is 0 Å². The van der Waals surface area contributed by atoms with Crippen LogP contribution in [-0.2, 0) is 5.54 Å². The van der Waals surface area contributed by atoms with Crippen molar-refractivity contribution < 1.29 is 0 Å². The molecule has 1 aliphatic heterocycles. The molecule has 2 unspecified atom stereocenters. The Kier molecular flexibility index (Phi) is 3.64. The smallest absolute Gasteiger partial charge is 0.0535 e. The van der Waals surface area contributed by atoms with Gasteiger partial charge in [0, 0.05) is 25.7 Å². The minimum Gasteiger partial charge on any atom is -0.305 e. The first-order valence-electron chi connectivity index (χ1n) is 8.03. The summed E-state index contributed by atoms with van der Waals surface area (Å²) >= 11 is 0. The number of benzene rings is 1. The summed E-state index contributed by atoms with van der Waals surface area (Å²) in [4.78, 5) is 2.73. The maximum atomic E-state index is 3.74. The summed E-state index contributed by atoms with van der Waals surface area (Å²) in [6.07, 6.45) is 4.11. The molecule has 1 saturated carbocycles. The lowest BCUT2D eigenvalue weighted by atomic mass is 9.88. The highest BCUT2D eigenvalue weighted by atomic mass is 15.2. The first-order valence-corrected chi connectivity index (χ1v) is 8.03. The predicted molar refractivity (Wildman–Crippen MR) is 84.8 cm³/mol. The van der Waals surface area contributed by atoms with Gasteiger partial charge in [-0.05, 0) is 37.2 Å². The Hall–Kier alpha value is -0.860. The summed E-state index contributed by atoms with van der Waals surface area (Å²) < 4.78 is 0. The van der Waals surface area contributed by atoms with Gasteiger partial charge in [-0.15, -0.1) is 0 Å². The summed E-state index contributed by atoms with van der Waals surface area (Å²) in [7, 11) is 0. The van der Waals surface area contributed by atoms with Crippen LogP contribution in [0.15, 0.2) is 30.3 Å². The fraction of sp³-hybridized carbons (Fsp3) is 0.667. The highest BCUT2D eigenvalue weighted by Crippen LogP contribution is 2.40. The van der Waals surface area contributed by atoms with Gasteiger partial charge in [-0.3, -0.25) is 4.90 Å².